The molecule has 2 rings (SSSR count). The summed E-state index contributed by atoms with van der Waals surface area (Å²) in [6.45, 7) is 0. The molecule has 0 spiro atoms. The molecule has 0 saturated heterocycles. The number of hydrogen-bond donors (Lipinski definition) is 1. The maximum absolute atomic E-state index is 13.6. The van der Waals surface area contributed by atoms with Crippen LogP contribution in [0.25, 0.3) is 0 Å². The van der Waals surface area contributed by atoms with Crippen LogP contribution in [0.5, 0.6) is 5.75 Å². The minimum atomic E-state index is -0.748. The van der Waals surface area contributed by atoms with Gasteiger partial charge in [-0.1, -0.05) is 0 Å². The van der Waals surface area contributed by atoms with Crippen molar-refractivity contribution >= 4 is 17.3 Å². The standard InChI is InChI=1S/C14H11FN2O4/c1-21-11-5-2-9(3-6-11)14(18)16-13-8-10(17(19)20)4-7-12(13)15/h2-8H,1H3,(H,16,18). The van der Waals surface area contributed by atoms with Gasteiger partial charge in [-0.3, -0.25) is 14.9 Å². The van der Waals surface area contributed by atoms with Gasteiger partial charge >= 0.3 is 0 Å². The third-order valence-electron chi connectivity index (χ3n) is 2.76. The fraction of sp³-hybridized carbons (Fsp3) is 0.0714. The SMILES string of the molecule is COc1ccc(C(=O)Nc2cc([N+](=O)[O-])ccc2F)cc1. The summed E-state index contributed by atoms with van der Waals surface area (Å²) in [6.07, 6.45) is 0. The summed E-state index contributed by atoms with van der Waals surface area (Å²) in [5.41, 5.74) is -0.270. The molecule has 1 N–H and O–H groups in total. The molecule has 0 unspecified atom stereocenters. The fourth-order valence-electron chi connectivity index (χ4n) is 1.66. The zero-order chi connectivity index (χ0) is 15.4. The molecule has 6 nitrogen and oxygen atoms in total. The van der Waals surface area contributed by atoms with Crippen LogP contribution in [-0.4, -0.2) is 17.9 Å². The van der Waals surface area contributed by atoms with Crippen LogP contribution >= 0.6 is 0 Å². The number of carbonyl (C=O) groups excluding carboxylic acids is 1. The molecule has 0 fully saturated rings. The summed E-state index contributed by atoms with van der Waals surface area (Å²) in [5.74, 6) is -0.743. The highest BCUT2D eigenvalue weighted by atomic mass is 19.1. The van der Waals surface area contributed by atoms with Crippen LogP contribution in [0.2, 0.25) is 0 Å². The van der Waals surface area contributed by atoms with E-state index in [2.05, 4.69) is 5.32 Å². The van der Waals surface area contributed by atoms with Gasteiger partial charge in [0.25, 0.3) is 11.6 Å². The van der Waals surface area contributed by atoms with Gasteiger partial charge in [0.05, 0.1) is 17.7 Å². The van der Waals surface area contributed by atoms with E-state index in [1.54, 1.807) is 12.1 Å². The molecule has 2 aromatic carbocycles. The number of rotatable bonds is 4. The Morgan fingerprint density at radius 2 is 1.90 bits per heavy atom. The zero-order valence-corrected chi connectivity index (χ0v) is 11.0. The second kappa shape index (κ2) is 6.00. The average molecular weight is 290 g/mol. The second-order valence-electron chi connectivity index (χ2n) is 4.10. The van der Waals surface area contributed by atoms with Gasteiger partial charge in [-0.05, 0) is 30.3 Å². The van der Waals surface area contributed by atoms with Crippen LogP contribution < -0.4 is 10.1 Å². The molecular formula is C14H11FN2O4. The van der Waals surface area contributed by atoms with E-state index in [1.807, 2.05) is 0 Å². The first-order valence-corrected chi connectivity index (χ1v) is 5.90. The smallest absolute Gasteiger partial charge is 0.271 e. The van der Waals surface area contributed by atoms with Gasteiger partial charge in [0.1, 0.15) is 11.6 Å². The maximum atomic E-state index is 13.6. The highest BCUT2D eigenvalue weighted by Crippen LogP contribution is 2.22. The number of methoxy groups -OCH3 is 1. The minimum Gasteiger partial charge on any atom is -0.497 e. The molecule has 1 amide bonds. The zero-order valence-electron chi connectivity index (χ0n) is 11.0. The maximum Gasteiger partial charge on any atom is 0.271 e. The number of carbonyl (C=O) groups is 1. The van der Waals surface area contributed by atoms with Gasteiger partial charge in [0.2, 0.25) is 0 Å². The van der Waals surface area contributed by atoms with Gasteiger partial charge in [0.15, 0.2) is 0 Å². The fourth-order valence-corrected chi connectivity index (χ4v) is 1.66. The number of nitro groups is 1. The molecule has 0 bridgehead atoms. The van der Waals surface area contributed by atoms with Gasteiger partial charge in [-0.25, -0.2) is 4.39 Å². The normalized spacial score (nSPS) is 10.0. The van der Waals surface area contributed by atoms with E-state index in [9.17, 15) is 19.3 Å². The highest BCUT2D eigenvalue weighted by molar-refractivity contribution is 6.04. The molecule has 0 aliphatic rings. The Labute approximate surface area is 119 Å². The molecule has 7 heteroatoms. The number of hydrogen-bond acceptors (Lipinski definition) is 4. The van der Waals surface area contributed by atoms with Crippen LogP contribution in [0.1, 0.15) is 10.4 Å². The van der Waals surface area contributed by atoms with Crippen molar-refractivity contribution in [3.63, 3.8) is 0 Å². The molecule has 108 valence electrons. The Morgan fingerprint density at radius 1 is 1.24 bits per heavy atom. The van der Waals surface area contributed by atoms with Gasteiger partial charge in [-0.15, -0.1) is 0 Å². The van der Waals surface area contributed by atoms with Crippen LogP contribution in [0.3, 0.4) is 0 Å². The Balaban J connectivity index is 2.22. The topological polar surface area (TPSA) is 81.5 Å². The van der Waals surface area contributed by atoms with Crippen molar-refractivity contribution in [2.24, 2.45) is 0 Å². The number of anilines is 1. The van der Waals surface area contributed by atoms with Gasteiger partial charge in [-0.2, -0.15) is 0 Å². The molecule has 0 atom stereocenters. The number of benzene rings is 2. The first-order valence-electron chi connectivity index (χ1n) is 5.90. The first-order chi connectivity index (χ1) is 10.0. The lowest BCUT2D eigenvalue weighted by molar-refractivity contribution is -0.384. The van der Waals surface area contributed by atoms with E-state index in [0.717, 1.165) is 18.2 Å². The predicted octanol–water partition coefficient (Wildman–Crippen LogP) is 2.99. The predicted molar refractivity (Wildman–Crippen MR) is 74.0 cm³/mol. The number of ether oxygens (including phenoxy) is 1. The van der Waals surface area contributed by atoms with Crippen molar-refractivity contribution in [2.45, 2.75) is 0 Å². The molecule has 0 aliphatic heterocycles. The molecular weight excluding hydrogens is 279 g/mol. The molecule has 0 radical (unpaired) electrons. The van der Waals surface area contributed by atoms with Crippen LogP contribution in [-0.2, 0) is 0 Å². The van der Waals surface area contributed by atoms with E-state index in [0.29, 0.717) is 5.75 Å². The third kappa shape index (κ3) is 3.33. The van der Waals surface area contributed by atoms with Crippen molar-refractivity contribution in [3.05, 3.63) is 64.0 Å². The quantitative estimate of drug-likeness (QED) is 0.693. The molecule has 0 aromatic heterocycles. The van der Waals surface area contributed by atoms with Crippen LogP contribution in [0, 0.1) is 15.9 Å². The minimum absolute atomic E-state index is 0.245. The largest absolute Gasteiger partial charge is 0.497 e. The number of nitro benzene ring substituents is 1. The summed E-state index contributed by atoms with van der Waals surface area (Å²) in [6, 6.07) is 9.10. The lowest BCUT2D eigenvalue weighted by atomic mass is 10.2. The summed E-state index contributed by atoms with van der Waals surface area (Å²) in [7, 11) is 1.49. The Bertz CT molecular complexity index is 686. The number of nitrogens with zero attached hydrogens (tertiary/aromatic N) is 1. The summed E-state index contributed by atoms with van der Waals surface area (Å²) >= 11 is 0. The number of non-ortho nitro benzene ring substituents is 1. The third-order valence-corrected chi connectivity index (χ3v) is 2.76. The monoisotopic (exact) mass is 290 g/mol. The van der Waals surface area contributed by atoms with Crippen LogP contribution in [0.4, 0.5) is 15.8 Å². The Kier molecular flexibility index (Phi) is 4.13. The van der Waals surface area contributed by atoms with E-state index < -0.39 is 16.6 Å². The van der Waals surface area contributed by atoms with Gasteiger partial charge in [0, 0.05) is 17.7 Å². The molecule has 2 aromatic rings. The Morgan fingerprint density at radius 3 is 2.48 bits per heavy atom. The van der Waals surface area contributed by atoms with Crippen molar-refractivity contribution in [2.75, 3.05) is 12.4 Å². The van der Waals surface area contributed by atoms with E-state index in [1.165, 1.54) is 19.2 Å². The summed E-state index contributed by atoms with van der Waals surface area (Å²) in [4.78, 5) is 21.9. The lowest BCUT2D eigenvalue weighted by Crippen LogP contribution is -2.13. The molecule has 0 saturated carbocycles. The average Bonchev–Trinajstić information content (AvgIpc) is 2.49. The highest BCUT2D eigenvalue weighted by Gasteiger charge is 2.14. The Hall–Kier alpha value is -2.96. The molecule has 0 aliphatic carbocycles. The number of nitrogens with one attached hydrogen (secondary N) is 1. The lowest BCUT2D eigenvalue weighted by Gasteiger charge is -2.07. The first kappa shape index (κ1) is 14.4. The number of amides is 1. The molecule has 21 heavy (non-hydrogen) atoms. The van der Waals surface area contributed by atoms with E-state index in [4.69, 9.17) is 4.74 Å². The van der Waals surface area contributed by atoms with Crippen molar-refractivity contribution in [1.29, 1.82) is 0 Å². The van der Waals surface area contributed by atoms with Crippen LogP contribution in [0.15, 0.2) is 42.5 Å². The van der Waals surface area contributed by atoms with Crippen molar-refractivity contribution in [1.82, 2.24) is 0 Å². The van der Waals surface area contributed by atoms with E-state index in [-0.39, 0.29) is 16.9 Å². The van der Waals surface area contributed by atoms with E-state index >= 15 is 0 Å². The number of halogens is 1. The van der Waals surface area contributed by atoms with Crippen molar-refractivity contribution in [3.8, 4) is 5.75 Å². The second-order valence-corrected chi connectivity index (χ2v) is 4.10. The summed E-state index contributed by atoms with van der Waals surface area (Å²) in [5, 5.41) is 12.9. The van der Waals surface area contributed by atoms with Gasteiger partial charge < -0.3 is 10.1 Å². The molecule has 0 heterocycles. The summed E-state index contributed by atoms with van der Waals surface area (Å²) < 4.78 is 18.5. The van der Waals surface area contributed by atoms with Crippen molar-refractivity contribution < 1.29 is 18.8 Å².